The van der Waals surface area contributed by atoms with Gasteiger partial charge in [-0.3, -0.25) is 9.59 Å². The molecule has 324 valence electrons. The summed E-state index contributed by atoms with van der Waals surface area (Å²) >= 11 is 0. The Morgan fingerprint density at radius 3 is 1.36 bits per heavy atom. The predicted octanol–water partition coefficient (Wildman–Crippen LogP) is 15.5. The number of azo groups is 2. The number of likely N-dealkylation sites (N-methyl/N-ethyl adjacent to an activating group) is 1. The maximum Gasteiger partial charge on any atom is 0.311 e. The zero-order valence-corrected chi connectivity index (χ0v) is 37.4. The molecule has 0 amide bonds. The Morgan fingerprint density at radius 1 is 0.508 bits per heavy atom. The zero-order chi connectivity index (χ0) is 42.6. The van der Waals surface area contributed by atoms with Crippen LogP contribution in [0, 0.1) is 10.8 Å². The number of esters is 2. The lowest BCUT2D eigenvalue weighted by atomic mass is 9.72. The van der Waals surface area contributed by atoms with Crippen LogP contribution in [-0.4, -0.2) is 38.2 Å². The van der Waals surface area contributed by atoms with Crippen LogP contribution < -0.4 is 4.90 Å². The molecule has 3 aromatic carbocycles. The Balaban J connectivity index is 1.31. The molecule has 0 saturated carbocycles. The molecule has 0 aliphatic carbocycles. The van der Waals surface area contributed by atoms with Gasteiger partial charge < -0.3 is 14.4 Å². The zero-order valence-electron chi connectivity index (χ0n) is 37.4. The fourth-order valence-corrected chi connectivity index (χ4v) is 7.33. The van der Waals surface area contributed by atoms with Crippen molar-refractivity contribution in [3.63, 3.8) is 0 Å². The van der Waals surface area contributed by atoms with Crippen molar-refractivity contribution in [3.8, 4) is 0 Å². The third kappa shape index (κ3) is 19.5. The number of rotatable bonds is 31. The van der Waals surface area contributed by atoms with E-state index in [1.54, 1.807) is 0 Å². The van der Waals surface area contributed by atoms with E-state index in [0.717, 1.165) is 47.8 Å². The van der Waals surface area contributed by atoms with Crippen molar-refractivity contribution in [1.29, 1.82) is 0 Å². The number of anilines is 1. The van der Waals surface area contributed by atoms with Crippen molar-refractivity contribution in [3.05, 3.63) is 78.9 Å². The number of carbonyl (C=O) groups excluding carboxylic acids is 2. The highest BCUT2D eigenvalue weighted by Gasteiger charge is 2.43. The molecule has 1 atom stereocenters. The molecule has 0 fully saturated rings. The molecule has 0 aromatic heterocycles. The van der Waals surface area contributed by atoms with E-state index in [-0.39, 0.29) is 18.5 Å². The van der Waals surface area contributed by atoms with Gasteiger partial charge in [-0.1, -0.05) is 128 Å². The second kappa shape index (κ2) is 28.1. The minimum atomic E-state index is -0.839. The van der Waals surface area contributed by atoms with Gasteiger partial charge in [0.2, 0.25) is 0 Å². The first-order valence-corrected chi connectivity index (χ1v) is 22.8. The SMILES string of the molecule is CCCCCCCCCCCCCCCCCCOC(=O)C(C)(CC)CC(C)(C)C(=O)OCCN(CC)c1ccc(N=Nc2ccc(N=Nc3ccccc3)cc2)cc1. The minimum absolute atomic E-state index is 0.221. The maximum atomic E-state index is 13.3. The van der Waals surface area contributed by atoms with Gasteiger partial charge in [-0.15, -0.1) is 0 Å². The van der Waals surface area contributed by atoms with Crippen LogP contribution in [0.1, 0.15) is 157 Å². The number of hydrogen-bond donors (Lipinski definition) is 0. The summed E-state index contributed by atoms with van der Waals surface area (Å²) in [5.41, 5.74) is 2.38. The first-order valence-electron chi connectivity index (χ1n) is 22.8. The van der Waals surface area contributed by atoms with Gasteiger partial charge in [-0.2, -0.15) is 20.5 Å². The summed E-state index contributed by atoms with van der Waals surface area (Å²) in [6, 6.07) is 24.9. The summed E-state index contributed by atoms with van der Waals surface area (Å²) in [4.78, 5) is 28.7. The van der Waals surface area contributed by atoms with Crippen molar-refractivity contribution in [2.24, 2.45) is 31.3 Å². The second-order valence-corrected chi connectivity index (χ2v) is 16.9. The highest BCUT2D eigenvalue weighted by atomic mass is 16.5. The highest BCUT2D eigenvalue weighted by Crippen LogP contribution is 2.38. The standard InChI is InChI=1S/C50H75N5O4/c1-7-10-11-12-13-14-15-16-17-18-19-20-21-22-23-27-39-58-48(57)50(6,8-2)41-49(4,5)47(56)59-40-38-55(9-3)46-36-34-45(35-37-46)54-53-44-32-30-43(31-33-44)52-51-42-28-25-24-26-29-42/h24-26,28-37H,7-23,27,38-41H2,1-6H3. The van der Waals surface area contributed by atoms with E-state index in [1.807, 2.05) is 107 Å². The van der Waals surface area contributed by atoms with Gasteiger partial charge in [0.05, 0.1) is 46.7 Å². The molecule has 0 radical (unpaired) electrons. The van der Waals surface area contributed by atoms with Gasteiger partial charge in [0, 0.05) is 12.2 Å². The van der Waals surface area contributed by atoms with E-state index in [2.05, 4.69) is 39.2 Å². The van der Waals surface area contributed by atoms with E-state index in [0.29, 0.717) is 26.0 Å². The molecular weight excluding hydrogens is 735 g/mol. The van der Waals surface area contributed by atoms with Crippen molar-refractivity contribution >= 4 is 40.4 Å². The van der Waals surface area contributed by atoms with Crippen LogP contribution in [0.25, 0.3) is 0 Å². The molecule has 0 spiro atoms. The molecule has 0 bridgehead atoms. The van der Waals surface area contributed by atoms with Crippen LogP contribution in [0.15, 0.2) is 99.3 Å². The Bertz CT molecular complexity index is 1640. The fraction of sp³-hybridized carbons (Fsp3) is 0.600. The van der Waals surface area contributed by atoms with Crippen molar-refractivity contribution < 1.29 is 19.1 Å². The summed E-state index contributed by atoms with van der Waals surface area (Å²) in [7, 11) is 0. The van der Waals surface area contributed by atoms with Crippen molar-refractivity contribution in [1.82, 2.24) is 0 Å². The first-order chi connectivity index (χ1) is 28.6. The molecular formula is C50H75N5O4. The van der Waals surface area contributed by atoms with E-state index in [1.165, 1.54) is 89.9 Å². The Hall–Kier alpha value is -4.40. The van der Waals surface area contributed by atoms with Gasteiger partial charge in [0.1, 0.15) is 6.61 Å². The number of nitrogens with zero attached hydrogens (tertiary/aromatic N) is 5. The monoisotopic (exact) mass is 810 g/mol. The van der Waals surface area contributed by atoms with Gasteiger partial charge in [0.25, 0.3) is 0 Å². The van der Waals surface area contributed by atoms with Crippen LogP contribution in [0.3, 0.4) is 0 Å². The minimum Gasteiger partial charge on any atom is -0.465 e. The highest BCUT2D eigenvalue weighted by molar-refractivity contribution is 5.80. The number of hydrogen-bond acceptors (Lipinski definition) is 9. The molecule has 1 unspecified atom stereocenters. The largest absolute Gasteiger partial charge is 0.465 e. The summed E-state index contributed by atoms with van der Waals surface area (Å²) in [6.07, 6.45) is 21.9. The van der Waals surface area contributed by atoms with Gasteiger partial charge in [-0.05, 0) is 108 Å². The summed E-state index contributed by atoms with van der Waals surface area (Å²) in [5, 5.41) is 17.3. The van der Waals surface area contributed by atoms with Crippen molar-refractivity contribution in [2.75, 3.05) is 31.2 Å². The molecule has 0 aliphatic heterocycles. The molecule has 3 aromatic rings. The van der Waals surface area contributed by atoms with Gasteiger partial charge >= 0.3 is 11.9 Å². The lowest BCUT2D eigenvalue weighted by Gasteiger charge is -2.34. The van der Waals surface area contributed by atoms with Crippen molar-refractivity contribution in [2.45, 2.75) is 157 Å². The molecule has 3 rings (SSSR count). The van der Waals surface area contributed by atoms with Crippen LogP contribution in [-0.2, 0) is 19.1 Å². The Kier molecular flexibility index (Phi) is 23.4. The van der Waals surface area contributed by atoms with E-state index >= 15 is 0 Å². The number of benzene rings is 3. The smallest absolute Gasteiger partial charge is 0.311 e. The average Bonchev–Trinajstić information content (AvgIpc) is 3.25. The Labute approximate surface area is 356 Å². The molecule has 59 heavy (non-hydrogen) atoms. The number of unbranched alkanes of at least 4 members (excludes halogenated alkanes) is 15. The number of carbonyl (C=O) groups is 2. The van der Waals surface area contributed by atoms with Crippen LogP contribution >= 0.6 is 0 Å². The maximum absolute atomic E-state index is 13.3. The lowest BCUT2D eigenvalue weighted by Crippen LogP contribution is -2.39. The summed E-state index contributed by atoms with van der Waals surface area (Å²) < 4.78 is 11.6. The van der Waals surface area contributed by atoms with Crippen LogP contribution in [0.2, 0.25) is 0 Å². The third-order valence-electron chi connectivity index (χ3n) is 11.2. The van der Waals surface area contributed by atoms with E-state index < -0.39 is 10.8 Å². The third-order valence-corrected chi connectivity index (χ3v) is 11.2. The summed E-state index contributed by atoms with van der Waals surface area (Å²) in [5.74, 6) is -0.524. The quantitative estimate of drug-likeness (QED) is 0.0365. The average molecular weight is 810 g/mol. The predicted molar refractivity (Wildman–Crippen MR) is 244 cm³/mol. The fourth-order valence-electron chi connectivity index (χ4n) is 7.33. The van der Waals surface area contributed by atoms with E-state index in [9.17, 15) is 9.59 Å². The first kappa shape index (κ1) is 49.0. The van der Waals surface area contributed by atoms with Crippen LogP contribution in [0.4, 0.5) is 28.4 Å². The van der Waals surface area contributed by atoms with Gasteiger partial charge in [0.15, 0.2) is 0 Å². The molecule has 0 N–H and O–H groups in total. The van der Waals surface area contributed by atoms with Crippen LogP contribution in [0.5, 0.6) is 0 Å². The molecule has 0 saturated heterocycles. The number of ether oxygens (including phenoxy) is 2. The lowest BCUT2D eigenvalue weighted by molar-refractivity contribution is -0.163. The topological polar surface area (TPSA) is 105 Å². The van der Waals surface area contributed by atoms with Gasteiger partial charge in [-0.25, -0.2) is 0 Å². The molecule has 0 aliphatic rings. The molecule has 9 nitrogen and oxygen atoms in total. The van der Waals surface area contributed by atoms with E-state index in [4.69, 9.17) is 9.47 Å². The second-order valence-electron chi connectivity index (χ2n) is 16.9. The molecule has 0 heterocycles. The summed E-state index contributed by atoms with van der Waals surface area (Å²) in [6.45, 7) is 13.9. The normalized spacial score (nSPS) is 12.8. The molecule has 9 heteroatoms. The Morgan fingerprint density at radius 2 is 0.915 bits per heavy atom.